The summed E-state index contributed by atoms with van der Waals surface area (Å²) in [5, 5.41) is 0. The molecule has 4 nitrogen and oxygen atoms in total. The minimum atomic E-state index is -0.510. The zero-order valence-corrected chi connectivity index (χ0v) is 9.19. The van der Waals surface area contributed by atoms with Crippen LogP contribution in [0, 0.1) is 0 Å². The largest absolute Gasteiger partial charge is 0.492 e. The topological polar surface area (TPSA) is 44.8 Å². The second-order valence-corrected chi connectivity index (χ2v) is 4.70. The Labute approximate surface area is 94.5 Å². The number of rotatable bonds is 0. The van der Waals surface area contributed by atoms with E-state index < -0.39 is 11.9 Å². The zero-order chi connectivity index (χ0) is 11.0. The van der Waals surface area contributed by atoms with Crippen molar-refractivity contribution >= 4 is 5.78 Å². The molecule has 2 heterocycles. The molecule has 0 radical (unpaired) electrons. The zero-order valence-electron chi connectivity index (χ0n) is 9.19. The summed E-state index contributed by atoms with van der Waals surface area (Å²) in [6, 6.07) is 0. The molecule has 3 rings (SSSR count). The molecule has 88 valence electrons. The molecule has 0 aromatic carbocycles. The molecule has 0 N–H and O–H groups in total. The van der Waals surface area contributed by atoms with Gasteiger partial charge in [-0.1, -0.05) is 6.42 Å². The van der Waals surface area contributed by atoms with Crippen LogP contribution in [0.2, 0.25) is 0 Å². The van der Waals surface area contributed by atoms with Crippen molar-refractivity contribution in [1.82, 2.24) is 0 Å². The van der Waals surface area contributed by atoms with Gasteiger partial charge in [0.05, 0.1) is 12.9 Å². The van der Waals surface area contributed by atoms with Gasteiger partial charge in [-0.2, -0.15) is 0 Å². The maximum atomic E-state index is 11.7. The Morgan fingerprint density at radius 2 is 2.06 bits per heavy atom. The molecule has 16 heavy (non-hydrogen) atoms. The van der Waals surface area contributed by atoms with E-state index in [1.807, 2.05) is 0 Å². The number of carbonyl (C=O) groups excluding carboxylic acids is 1. The molecular formula is C12H16O4. The standard InChI is InChI=1S/C12H16O4/c13-9-4-7-14-10-8-15-12(16-11(9)10)5-2-1-3-6-12/h4,7,10-11H,1-3,5-6,8H2/t10-,11+/m1/s1. The van der Waals surface area contributed by atoms with Crippen LogP contribution in [0.3, 0.4) is 0 Å². The Balaban J connectivity index is 1.77. The molecular weight excluding hydrogens is 208 g/mol. The first-order chi connectivity index (χ1) is 7.79. The lowest BCUT2D eigenvalue weighted by atomic mass is 9.92. The average molecular weight is 224 g/mol. The summed E-state index contributed by atoms with van der Waals surface area (Å²) in [6.45, 7) is 0.459. The number of fused-ring (bicyclic) bond motifs is 1. The van der Waals surface area contributed by atoms with Crippen molar-refractivity contribution in [3.8, 4) is 0 Å². The maximum absolute atomic E-state index is 11.7. The van der Waals surface area contributed by atoms with E-state index in [9.17, 15) is 4.79 Å². The summed E-state index contributed by atoms with van der Waals surface area (Å²) < 4.78 is 17.0. The van der Waals surface area contributed by atoms with Crippen LogP contribution in [0.4, 0.5) is 0 Å². The molecule has 2 fully saturated rings. The monoisotopic (exact) mass is 224 g/mol. The van der Waals surface area contributed by atoms with E-state index in [1.165, 1.54) is 18.8 Å². The van der Waals surface area contributed by atoms with Gasteiger partial charge in [0.2, 0.25) is 0 Å². The Morgan fingerprint density at radius 3 is 2.88 bits per heavy atom. The molecule has 1 spiro atoms. The summed E-state index contributed by atoms with van der Waals surface area (Å²) >= 11 is 0. The van der Waals surface area contributed by atoms with E-state index in [1.54, 1.807) is 0 Å². The number of hydrogen-bond donors (Lipinski definition) is 0. The minimum Gasteiger partial charge on any atom is -0.492 e. The molecule has 2 aliphatic heterocycles. The molecule has 0 bridgehead atoms. The van der Waals surface area contributed by atoms with E-state index in [2.05, 4.69) is 0 Å². The third-order valence-corrected chi connectivity index (χ3v) is 3.57. The normalized spacial score (nSPS) is 36.9. The van der Waals surface area contributed by atoms with Crippen molar-refractivity contribution in [2.24, 2.45) is 0 Å². The van der Waals surface area contributed by atoms with E-state index in [0.29, 0.717) is 6.61 Å². The third kappa shape index (κ3) is 1.66. The molecule has 1 saturated heterocycles. The van der Waals surface area contributed by atoms with Gasteiger partial charge in [-0.25, -0.2) is 0 Å². The Hall–Kier alpha value is -0.870. The summed E-state index contributed by atoms with van der Waals surface area (Å²) in [6.07, 6.45) is 7.41. The molecule has 0 aromatic heterocycles. The first kappa shape index (κ1) is 10.3. The van der Waals surface area contributed by atoms with Gasteiger partial charge in [-0.15, -0.1) is 0 Å². The molecule has 4 heteroatoms. The van der Waals surface area contributed by atoms with Crippen LogP contribution in [-0.4, -0.2) is 30.4 Å². The smallest absolute Gasteiger partial charge is 0.191 e. The number of carbonyl (C=O) groups is 1. The van der Waals surface area contributed by atoms with Crippen molar-refractivity contribution in [2.45, 2.75) is 50.1 Å². The van der Waals surface area contributed by atoms with Gasteiger partial charge < -0.3 is 14.2 Å². The van der Waals surface area contributed by atoms with Crippen LogP contribution in [0.15, 0.2) is 12.3 Å². The lowest BCUT2D eigenvalue weighted by Gasteiger charge is -2.46. The minimum absolute atomic E-state index is 0.00417. The van der Waals surface area contributed by atoms with Crippen LogP contribution in [-0.2, 0) is 19.0 Å². The fourth-order valence-electron chi connectivity index (χ4n) is 2.67. The van der Waals surface area contributed by atoms with Crippen molar-refractivity contribution in [2.75, 3.05) is 6.61 Å². The molecule has 0 unspecified atom stereocenters. The summed E-state index contributed by atoms with van der Waals surface area (Å²) in [4.78, 5) is 11.7. The van der Waals surface area contributed by atoms with Crippen LogP contribution < -0.4 is 0 Å². The van der Waals surface area contributed by atoms with Gasteiger partial charge in [0.1, 0.15) is 0 Å². The SMILES string of the molecule is O=C1C=CO[C@@H]2COC3(CCCCC3)O[C@@H]12. The highest BCUT2D eigenvalue weighted by molar-refractivity contribution is 5.94. The van der Waals surface area contributed by atoms with E-state index >= 15 is 0 Å². The van der Waals surface area contributed by atoms with Gasteiger partial charge in [0.25, 0.3) is 0 Å². The van der Waals surface area contributed by atoms with E-state index in [0.717, 1.165) is 25.7 Å². The lowest BCUT2D eigenvalue weighted by molar-refractivity contribution is -0.324. The van der Waals surface area contributed by atoms with Crippen molar-refractivity contribution in [3.05, 3.63) is 12.3 Å². The predicted molar refractivity (Wildman–Crippen MR) is 55.7 cm³/mol. The molecule has 3 aliphatic rings. The number of ketones is 1. The fourth-order valence-corrected chi connectivity index (χ4v) is 2.67. The third-order valence-electron chi connectivity index (χ3n) is 3.57. The number of ether oxygens (including phenoxy) is 3. The van der Waals surface area contributed by atoms with E-state index in [4.69, 9.17) is 14.2 Å². The van der Waals surface area contributed by atoms with Gasteiger partial charge in [0.15, 0.2) is 23.8 Å². The van der Waals surface area contributed by atoms with Crippen molar-refractivity contribution in [1.29, 1.82) is 0 Å². The molecule has 1 saturated carbocycles. The molecule has 2 atom stereocenters. The second-order valence-electron chi connectivity index (χ2n) is 4.70. The van der Waals surface area contributed by atoms with Gasteiger partial charge in [-0.3, -0.25) is 4.79 Å². The van der Waals surface area contributed by atoms with Crippen LogP contribution >= 0.6 is 0 Å². The number of hydrogen-bond acceptors (Lipinski definition) is 4. The van der Waals surface area contributed by atoms with Crippen LogP contribution in [0.25, 0.3) is 0 Å². The Morgan fingerprint density at radius 1 is 1.25 bits per heavy atom. The van der Waals surface area contributed by atoms with E-state index in [-0.39, 0.29) is 11.9 Å². The second kappa shape index (κ2) is 3.86. The molecule has 0 amide bonds. The highest BCUT2D eigenvalue weighted by Gasteiger charge is 2.47. The first-order valence-corrected chi connectivity index (χ1v) is 5.97. The molecule has 1 aliphatic carbocycles. The Bertz CT molecular complexity index is 317. The quantitative estimate of drug-likeness (QED) is 0.626. The summed E-state index contributed by atoms with van der Waals surface area (Å²) in [5.74, 6) is -0.506. The highest BCUT2D eigenvalue weighted by atomic mass is 16.7. The highest BCUT2D eigenvalue weighted by Crippen LogP contribution is 2.38. The van der Waals surface area contributed by atoms with Crippen LogP contribution in [0.1, 0.15) is 32.1 Å². The Kier molecular flexibility index (Phi) is 2.48. The average Bonchev–Trinajstić information content (AvgIpc) is 2.32. The lowest BCUT2D eigenvalue weighted by Crippen LogP contribution is -2.56. The van der Waals surface area contributed by atoms with Gasteiger partial charge in [0, 0.05) is 18.9 Å². The van der Waals surface area contributed by atoms with Crippen molar-refractivity contribution < 1.29 is 19.0 Å². The van der Waals surface area contributed by atoms with Gasteiger partial charge >= 0.3 is 0 Å². The first-order valence-electron chi connectivity index (χ1n) is 5.97. The fraction of sp³-hybridized carbons (Fsp3) is 0.750. The van der Waals surface area contributed by atoms with Gasteiger partial charge in [-0.05, 0) is 12.8 Å². The maximum Gasteiger partial charge on any atom is 0.191 e. The van der Waals surface area contributed by atoms with Crippen molar-refractivity contribution in [3.63, 3.8) is 0 Å². The molecule has 0 aromatic rings. The predicted octanol–water partition coefficient (Wildman–Crippen LogP) is 1.54. The van der Waals surface area contributed by atoms with Crippen LogP contribution in [0.5, 0.6) is 0 Å². The summed E-state index contributed by atoms with van der Waals surface area (Å²) in [5.41, 5.74) is 0. The summed E-state index contributed by atoms with van der Waals surface area (Å²) in [7, 11) is 0.